The largest absolute Gasteiger partial charge is 0.481 e. The fourth-order valence-corrected chi connectivity index (χ4v) is 1.93. The summed E-state index contributed by atoms with van der Waals surface area (Å²) in [6.45, 7) is 4.80. The van der Waals surface area contributed by atoms with E-state index in [9.17, 15) is 9.59 Å². The summed E-state index contributed by atoms with van der Waals surface area (Å²) in [5, 5.41) is 11.7. The highest BCUT2D eigenvalue weighted by atomic mass is 16.4. The lowest BCUT2D eigenvalue weighted by Crippen LogP contribution is -2.43. The van der Waals surface area contributed by atoms with Crippen molar-refractivity contribution in [3.63, 3.8) is 0 Å². The summed E-state index contributed by atoms with van der Waals surface area (Å²) in [6, 6.07) is 0.242. The third-order valence-corrected chi connectivity index (χ3v) is 3.08. The smallest absolute Gasteiger partial charge is 0.317 e. The van der Waals surface area contributed by atoms with Gasteiger partial charge < -0.3 is 15.3 Å². The van der Waals surface area contributed by atoms with Crippen molar-refractivity contribution in [3.05, 3.63) is 0 Å². The zero-order valence-electron chi connectivity index (χ0n) is 10.6. The second kappa shape index (κ2) is 6.47. The lowest BCUT2D eigenvalue weighted by molar-refractivity contribution is -0.141. The molecule has 1 atom stereocenters. The molecule has 2 N–H and O–H groups in total. The van der Waals surface area contributed by atoms with Gasteiger partial charge in [0, 0.05) is 19.1 Å². The molecule has 0 bridgehead atoms. The van der Waals surface area contributed by atoms with Crippen LogP contribution in [0, 0.1) is 5.92 Å². The van der Waals surface area contributed by atoms with Crippen LogP contribution in [0.15, 0.2) is 0 Å². The molecule has 1 saturated carbocycles. The maximum atomic E-state index is 11.8. The molecule has 0 aromatic carbocycles. The average molecular weight is 242 g/mol. The topological polar surface area (TPSA) is 69.6 Å². The van der Waals surface area contributed by atoms with Gasteiger partial charge in [-0.2, -0.15) is 0 Å². The highest BCUT2D eigenvalue weighted by Gasteiger charge is 2.31. The van der Waals surface area contributed by atoms with Gasteiger partial charge in [0.15, 0.2) is 0 Å². The molecule has 0 spiro atoms. The number of aliphatic carboxylic acids is 1. The summed E-state index contributed by atoms with van der Waals surface area (Å²) < 4.78 is 0. The summed E-state index contributed by atoms with van der Waals surface area (Å²) in [6.07, 6.45) is 3.55. The van der Waals surface area contributed by atoms with Gasteiger partial charge in [-0.1, -0.05) is 13.3 Å². The molecule has 0 heterocycles. The van der Waals surface area contributed by atoms with E-state index in [1.165, 1.54) is 0 Å². The van der Waals surface area contributed by atoms with Crippen LogP contribution < -0.4 is 5.32 Å². The molecular weight excluding hydrogens is 220 g/mol. The van der Waals surface area contributed by atoms with Crippen LogP contribution in [0.2, 0.25) is 0 Å². The summed E-state index contributed by atoms with van der Waals surface area (Å²) in [5.41, 5.74) is 0. The van der Waals surface area contributed by atoms with E-state index in [1.54, 1.807) is 4.90 Å². The van der Waals surface area contributed by atoms with Crippen molar-refractivity contribution in [2.45, 2.75) is 45.6 Å². The molecule has 0 aromatic heterocycles. The Hall–Kier alpha value is -1.26. The first-order valence-electron chi connectivity index (χ1n) is 6.37. The Morgan fingerprint density at radius 1 is 1.41 bits per heavy atom. The number of urea groups is 1. The number of carbonyl (C=O) groups excluding carboxylic acids is 1. The second-order valence-corrected chi connectivity index (χ2v) is 4.53. The summed E-state index contributed by atoms with van der Waals surface area (Å²) in [7, 11) is 0. The first kappa shape index (κ1) is 13.8. The number of hydrogen-bond donors (Lipinski definition) is 2. The number of hydrogen-bond acceptors (Lipinski definition) is 2. The van der Waals surface area contributed by atoms with Crippen LogP contribution >= 0.6 is 0 Å². The summed E-state index contributed by atoms with van der Waals surface area (Å²) >= 11 is 0. The molecule has 1 aliphatic rings. The molecule has 0 aromatic rings. The number of carboxylic acid groups (broad SMARTS) is 1. The van der Waals surface area contributed by atoms with Crippen molar-refractivity contribution < 1.29 is 14.7 Å². The van der Waals surface area contributed by atoms with Crippen molar-refractivity contribution in [2.24, 2.45) is 5.92 Å². The SMILES string of the molecule is CCCC(CNC(=O)N(CC)C1CC1)C(=O)O. The van der Waals surface area contributed by atoms with E-state index in [2.05, 4.69) is 5.32 Å². The zero-order chi connectivity index (χ0) is 12.8. The third kappa shape index (κ3) is 4.24. The lowest BCUT2D eigenvalue weighted by Gasteiger charge is -2.22. The molecule has 1 aliphatic carbocycles. The number of nitrogens with one attached hydrogen (secondary N) is 1. The normalized spacial score (nSPS) is 16.4. The molecule has 5 heteroatoms. The van der Waals surface area contributed by atoms with Crippen LogP contribution in [0.5, 0.6) is 0 Å². The Morgan fingerprint density at radius 2 is 2.06 bits per heavy atom. The van der Waals surface area contributed by atoms with Crippen LogP contribution in [0.1, 0.15) is 39.5 Å². The Morgan fingerprint density at radius 3 is 2.47 bits per heavy atom. The Kier molecular flexibility index (Phi) is 5.25. The average Bonchev–Trinajstić information content (AvgIpc) is 3.09. The number of rotatable bonds is 7. The van der Waals surface area contributed by atoms with Gasteiger partial charge in [-0.25, -0.2) is 4.79 Å². The maximum Gasteiger partial charge on any atom is 0.317 e. The maximum absolute atomic E-state index is 11.8. The number of nitrogens with zero attached hydrogens (tertiary/aromatic N) is 1. The molecule has 0 radical (unpaired) electrons. The van der Waals surface area contributed by atoms with Gasteiger partial charge >= 0.3 is 12.0 Å². The van der Waals surface area contributed by atoms with Gasteiger partial charge in [-0.05, 0) is 26.2 Å². The van der Waals surface area contributed by atoms with Crippen LogP contribution in [0.25, 0.3) is 0 Å². The van der Waals surface area contributed by atoms with Crippen molar-refractivity contribution in [1.82, 2.24) is 10.2 Å². The molecule has 1 rings (SSSR count). The van der Waals surface area contributed by atoms with Crippen LogP contribution in [-0.4, -0.2) is 41.1 Å². The predicted molar refractivity (Wildman–Crippen MR) is 64.8 cm³/mol. The van der Waals surface area contributed by atoms with Gasteiger partial charge in [-0.15, -0.1) is 0 Å². The fraction of sp³-hybridized carbons (Fsp3) is 0.833. The van der Waals surface area contributed by atoms with Gasteiger partial charge in [0.1, 0.15) is 0 Å². The quantitative estimate of drug-likeness (QED) is 0.713. The zero-order valence-corrected chi connectivity index (χ0v) is 10.6. The van der Waals surface area contributed by atoms with Gasteiger partial charge in [0.25, 0.3) is 0 Å². The fourth-order valence-electron chi connectivity index (χ4n) is 1.93. The van der Waals surface area contributed by atoms with Crippen LogP contribution in [-0.2, 0) is 4.79 Å². The minimum absolute atomic E-state index is 0.127. The monoisotopic (exact) mass is 242 g/mol. The molecule has 1 unspecified atom stereocenters. The van der Waals surface area contributed by atoms with Gasteiger partial charge in [0.05, 0.1) is 5.92 Å². The molecule has 2 amide bonds. The summed E-state index contributed by atoms with van der Waals surface area (Å²) in [4.78, 5) is 24.5. The Labute approximate surface area is 102 Å². The number of carbonyl (C=O) groups is 2. The number of carboxylic acids is 1. The van der Waals surface area contributed by atoms with Crippen molar-refractivity contribution in [2.75, 3.05) is 13.1 Å². The molecular formula is C12H22N2O3. The Balaban J connectivity index is 2.36. The van der Waals surface area contributed by atoms with Crippen molar-refractivity contribution in [1.29, 1.82) is 0 Å². The number of amides is 2. The standard InChI is InChI=1S/C12H22N2O3/c1-3-5-9(11(15)16)8-13-12(17)14(4-2)10-6-7-10/h9-10H,3-8H2,1-2H3,(H,13,17)(H,15,16). The van der Waals surface area contributed by atoms with E-state index in [4.69, 9.17) is 5.11 Å². The second-order valence-electron chi connectivity index (χ2n) is 4.53. The van der Waals surface area contributed by atoms with Crippen LogP contribution in [0.3, 0.4) is 0 Å². The highest BCUT2D eigenvalue weighted by Crippen LogP contribution is 2.26. The van der Waals surface area contributed by atoms with Gasteiger partial charge in [-0.3, -0.25) is 4.79 Å². The minimum Gasteiger partial charge on any atom is -0.481 e. The molecule has 0 aliphatic heterocycles. The molecule has 1 fully saturated rings. The van der Waals surface area contributed by atoms with E-state index in [0.717, 1.165) is 19.3 Å². The summed E-state index contributed by atoms with van der Waals surface area (Å²) in [5.74, 6) is -1.30. The predicted octanol–water partition coefficient (Wildman–Crippen LogP) is 1.68. The first-order chi connectivity index (χ1) is 8.10. The van der Waals surface area contributed by atoms with E-state index < -0.39 is 11.9 Å². The molecule has 17 heavy (non-hydrogen) atoms. The minimum atomic E-state index is -0.832. The molecule has 5 nitrogen and oxygen atoms in total. The van der Waals surface area contributed by atoms with Crippen molar-refractivity contribution in [3.8, 4) is 0 Å². The van der Waals surface area contributed by atoms with Gasteiger partial charge in [0.2, 0.25) is 0 Å². The van der Waals surface area contributed by atoms with E-state index in [0.29, 0.717) is 19.0 Å². The first-order valence-corrected chi connectivity index (χ1v) is 6.37. The Bertz CT molecular complexity index is 277. The third-order valence-electron chi connectivity index (χ3n) is 3.08. The van der Waals surface area contributed by atoms with E-state index in [1.807, 2.05) is 13.8 Å². The lowest BCUT2D eigenvalue weighted by atomic mass is 10.0. The van der Waals surface area contributed by atoms with Crippen molar-refractivity contribution >= 4 is 12.0 Å². The van der Waals surface area contributed by atoms with E-state index >= 15 is 0 Å². The molecule has 0 saturated heterocycles. The van der Waals surface area contributed by atoms with Crippen LogP contribution in [0.4, 0.5) is 4.79 Å². The van der Waals surface area contributed by atoms with E-state index in [-0.39, 0.29) is 12.6 Å². The highest BCUT2D eigenvalue weighted by molar-refractivity contribution is 5.76. The molecule has 98 valence electrons.